The van der Waals surface area contributed by atoms with Gasteiger partial charge in [0.05, 0.1) is 16.6 Å². The molecule has 0 saturated heterocycles. The summed E-state index contributed by atoms with van der Waals surface area (Å²) in [5.41, 5.74) is 6.84. The molecule has 1 aromatic carbocycles. The third-order valence-corrected chi connectivity index (χ3v) is 3.56. The van der Waals surface area contributed by atoms with Crippen molar-refractivity contribution in [2.75, 3.05) is 19.6 Å². The summed E-state index contributed by atoms with van der Waals surface area (Å²) in [6.07, 6.45) is 0. The van der Waals surface area contributed by atoms with Crippen LogP contribution in [0.25, 0.3) is 11.5 Å². The second-order valence-corrected chi connectivity index (χ2v) is 4.94. The van der Waals surface area contributed by atoms with Gasteiger partial charge in [-0.15, -0.1) is 0 Å². The van der Waals surface area contributed by atoms with Crippen LogP contribution < -0.4 is 5.73 Å². The molecule has 0 radical (unpaired) electrons. The van der Waals surface area contributed by atoms with Crippen LogP contribution in [0.15, 0.2) is 28.8 Å². The van der Waals surface area contributed by atoms with Gasteiger partial charge in [-0.2, -0.15) is 4.98 Å². The molecule has 0 amide bonds. The summed E-state index contributed by atoms with van der Waals surface area (Å²) in [7, 11) is 0. The monoisotopic (exact) mass is 294 g/mol. The summed E-state index contributed by atoms with van der Waals surface area (Å²) in [6, 6.07) is 7.09. The van der Waals surface area contributed by atoms with Gasteiger partial charge in [-0.1, -0.05) is 42.7 Å². The lowest BCUT2D eigenvalue weighted by Gasteiger charge is -2.20. The van der Waals surface area contributed by atoms with E-state index in [4.69, 9.17) is 21.9 Å². The molecule has 0 bridgehead atoms. The Morgan fingerprint density at radius 1 is 1.30 bits per heavy atom. The van der Waals surface area contributed by atoms with E-state index >= 15 is 0 Å². The largest absolute Gasteiger partial charge is 0.334 e. The van der Waals surface area contributed by atoms with Gasteiger partial charge in [-0.05, 0) is 25.2 Å². The van der Waals surface area contributed by atoms with Gasteiger partial charge in [0.1, 0.15) is 0 Å². The third kappa shape index (κ3) is 3.36. The molecule has 0 saturated carbocycles. The summed E-state index contributed by atoms with van der Waals surface area (Å²) in [5.74, 6) is 0.910. The fourth-order valence-electron chi connectivity index (χ4n) is 1.97. The Bertz CT molecular complexity index is 554. The van der Waals surface area contributed by atoms with Gasteiger partial charge >= 0.3 is 0 Å². The highest BCUT2D eigenvalue weighted by atomic mass is 35.5. The molecule has 0 aliphatic heterocycles. The van der Waals surface area contributed by atoms with E-state index in [1.54, 1.807) is 6.07 Å². The van der Waals surface area contributed by atoms with Crippen LogP contribution in [-0.4, -0.2) is 34.7 Å². The number of aromatic nitrogens is 2. The maximum absolute atomic E-state index is 6.12. The van der Waals surface area contributed by atoms with Crippen LogP contribution in [0.3, 0.4) is 0 Å². The molecule has 1 unspecified atom stereocenters. The zero-order valence-corrected chi connectivity index (χ0v) is 12.5. The quantitative estimate of drug-likeness (QED) is 0.887. The predicted molar refractivity (Wildman–Crippen MR) is 79.5 cm³/mol. The van der Waals surface area contributed by atoms with Gasteiger partial charge in [-0.3, -0.25) is 0 Å². The molecule has 5 nitrogen and oxygen atoms in total. The summed E-state index contributed by atoms with van der Waals surface area (Å²) < 4.78 is 5.26. The van der Waals surface area contributed by atoms with Crippen molar-refractivity contribution < 1.29 is 4.52 Å². The minimum absolute atomic E-state index is 0.269. The van der Waals surface area contributed by atoms with E-state index in [1.165, 1.54) is 0 Å². The van der Waals surface area contributed by atoms with Crippen molar-refractivity contribution in [3.05, 3.63) is 35.1 Å². The first-order valence-corrected chi connectivity index (χ1v) is 7.09. The Labute approximate surface area is 123 Å². The van der Waals surface area contributed by atoms with Crippen molar-refractivity contribution in [1.29, 1.82) is 0 Å². The van der Waals surface area contributed by atoms with Crippen LogP contribution >= 0.6 is 11.6 Å². The number of hydrogen-bond acceptors (Lipinski definition) is 5. The highest BCUT2D eigenvalue weighted by Crippen LogP contribution is 2.26. The first-order chi connectivity index (χ1) is 9.65. The van der Waals surface area contributed by atoms with E-state index in [0.717, 1.165) is 18.7 Å². The summed E-state index contributed by atoms with van der Waals surface area (Å²) >= 11 is 6.11. The molecule has 6 heteroatoms. The molecule has 1 aromatic heterocycles. The number of likely N-dealkylation sites (N-methyl/N-ethyl adjacent to an activating group) is 1. The maximum atomic E-state index is 6.12. The number of halogens is 1. The molecule has 0 fully saturated rings. The Morgan fingerprint density at radius 2 is 2.00 bits per heavy atom. The van der Waals surface area contributed by atoms with E-state index < -0.39 is 0 Å². The van der Waals surface area contributed by atoms with Gasteiger partial charge in [0.25, 0.3) is 5.89 Å². The Balaban J connectivity index is 2.15. The van der Waals surface area contributed by atoms with Crippen LogP contribution in [-0.2, 0) is 0 Å². The van der Waals surface area contributed by atoms with Gasteiger partial charge in [0.15, 0.2) is 5.82 Å². The number of rotatable bonds is 6. The van der Waals surface area contributed by atoms with Gasteiger partial charge < -0.3 is 15.2 Å². The number of benzene rings is 1. The standard InChI is InChI=1S/C14H19ClN4O/c1-3-19(4-2)9-12(16)13-17-14(20-18-13)10-7-5-6-8-11(10)15/h5-8,12H,3-4,9,16H2,1-2H3. The highest BCUT2D eigenvalue weighted by Gasteiger charge is 2.18. The molecule has 2 aromatic rings. The average molecular weight is 295 g/mol. The van der Waals surface area contributed by atoms with Crippen LogP contribution in [0.1, 0.15) is 25.7 Å². The fourth-order valence-corrected chi connectivity index (χ4v) is 2.19. The molecule has 2 rings (SSSR count). The lowest BCUT2D eigenvalue weighted by molar-refractivity contribution is 0.278. The lowest BCUT2D eigenvalue weighted by Crippen LogP contribution is -2.32. The van der Waals surface area contributed by atoms with E-state index in [9.17, 15) is 0 Å². The first-order valence-electron chi connectivity index (χ1n) is 6.72. The van der Waals surface area contributed by atoms with Crippen molar-refractivity contribution in [1.82, 2.24) is 15.0 Å². The first kappa shape index (κ1) is 15.0. The second kappa shape index (κ2) is 6.83. The van der Waals surface area contributed by atoms with Crippen LogP contribution in [0.5, 0.6) is 0 Å². The van der Waals surface area contributed by atoms with Crippen LogP contribution in [0, 0.1) is 0 Å². The average Bonchev–Trinajstić information content (AvgIpc) is 2.94. The number of hydrogen-bond donors (Lipinski definition) is 1. The smallest absolute Gasteiger partial charge is 0.259 e. The normalized spacial score (nSPS) is 12.8. The van der Waals surface area contributed by atoms with Gasteiger partial charge in [0.2, 0.25) is 0 Å². The minimum atomic E-state index is -0.269. The Morgan fingerprint density at radius 3 is 2.65 bits per heavy atom. The molecule has 1 heterocycles. The Hall–Kier alpha value is -1.43. The van der Waals surface area contributed by atoms with Crippen molar-refractivity contribution in [3.63, 3.8) is 0 Å². The second-order valence-electron chi connectivity index (χ2n) is 4.53. The van der Waals surface area contributed by atoms with E-state index in [0.29, 0.717) is 23.3 Å². The summed E-state index contributed by atoms with van der Waals surface area (Å²) in [5, 5.41) is 4.54. The summed E-state index contributed by atoms with van der Waals surface area (Å²) in [6.45, 7) is 6.79. The van der Waals surface area contributed by atoms with Crippen LogP contribution in [0.2, 0.25) is 5.02 Å². The van der Waals surface area contributed by atoms with Gasteiger partial charge in [-0.25, -0.2) is 0 Å². The zero-order chi connectivity index (χ0) is 14.5. The molecule has 20 heavy (non-hydrogen) atoms. The molecule has 0 spiro atoms. The van der Waals surface area contributed by atoms with Crippen LogP contribution in [0.4, 0.5) is 0 Å². The summed E-state index contributed by atoms with van der Waals surface area (Å²) in [4.78, 5) is 6.57. The maximum Gasteiger partial charge on any atom is 0.259 e. The van der Waals surface area contributed by atoms with E-state index in [1.807, 2.05) is 18.2 Å². The van der Waals surface area contributed by atoms with Crippen molar-refractivity contribution in [2.24, 2.45) is 5.73 Å². The fraction of sp³-hybridized carbons (Fsp3) is 0.429. The SMILES string of the molecule is CCN(CC)CC(N)c1noc(-c2ccccc2Cl)n1. The van der Waals surface area contributed by atoms with Gasteiger partial charge in [0, 0.05) is 6.54 Å². The molecule has 1 atom stereocenters. The topological polar surface area (TPSA) is 68.2 Å². The lowest BCUT2D eigenvalue weighted by atomic mass is 10.2. The third-order valence-electron chi connectivity index (χ3n) is 3.23. The molecule has 108 valence electrons. The molecule has 0 aliphatic rings. The Kier molecular flexibility index (Phi) is 5.11. The van der Waals surface area contributed by atoms with Crippen molar-refractivity contribution >= 4 is 11.6 Å². The minimum Gasteiger partial charge on any atom is -0.334 e. The highest BCUT2D eigenvalue weighted by molar-refractivity contribution is 6.33. The zero-order valence-electron chi connectivity index (χ0n) is 11.7. The number of nitrogens with zero attached hydrogens (tertiary/aromatic N) is 3. The van der Waals surface area contributed by atoms with Crippen molar-refractivity contribution in [3.8, 4) is 11.5 Å². The van der Waals surface area contributed by atoms with Crippen molar-refractivity contribution in [2.45, 2.75) is 19.9 Å². The molecule has 2 N–H and O–H groups in total. The number of nitrogens with two attached hydrogens (primary N) is 1. The van der Waals surface area contributed by atoms with E-state index in [2.05, 4.69) is 28.9 Å². The molecule has 0 aliphatic carbocycles. The molecular weight excluding hydrogens is 276 g/mol. The van der Waals surface area contributed by atoms with E-state index in [-0.39, 0.29) is 6.04 Å². The molecular formula is C14H19ClN4O. The predicted octanol–water partition coefficient (Wildman–Crippen LogP) is 2.73.